The molecular weight excluding hydrogens is 345 g/mol. The molecule has 126 valence electrons. The van der Waals surface area contributed by atoms with E-state index in [1.54, 1.807) is 36.7 Å². The second-order valence-electron chi connectivity index (χ2n) is 5.07. The minimum Gasteiger partial charge on any atom is -0.461 e. The fraction of sp³-hybridized carbons (Fsp3) is 0.0625. The third-order valence-electron chi connectivity index (χ3n) is 3.41. The summed E-state index contributed by atoms with van der Waals surface area (Å²) < 4.78 is 25.3. The van der Waals surface area contributed by atoms with Crippen LogP contribution in [0.25, 0.3) is 22.9 Å². The van der Waals surface area contributed by atoms with E-state index in [2.05, 4.69) is 15.2 Å². The molecule has 25 heavy (non-hydrogen) atoms. The van der Waals surface area contributed by atoms with E-state index in [0.29, 0.717) is 34.1 Å². The number of furan rings is 1. The van der Waals surface area contributed by atoms with Crippen molar-refractivity contribution in [2.45, 2.75) is 10.9 Å². The minimum absolute atomic E-state index is 0.298. The molecular formula is C16H12FN5O2S. The zero-order chi connectivity index (χ0) is 17.2. The van der Waals surface area contributed by atoms with Crippen molar-refractivity contribution in [3.05, 3.63) is 60.6 Å². The molecule has 7 nitrogen and oxygen atoms in total. The standard InChI is InChI=1S/C16H12FN5O2S/c17-11-5-3-10(4-6-11)13-8-19-14(24-13)9-25-16-21-20-15(22(16)18)12-2-1-7-23-12/h1-8H,9,18H2. The highest BCUT2D eigenvalue weighted by Crippen LogP contribution is 2.26. The molecule has 4 aromatic rings. The second-order valence-corrected chi connectivity index (χ2v) is 6.01. The van der Waals surface area contributed by atoms with E-state index in [9.17, 15) is 4.39 Å². The smallest absolute Gasteiger partial charge is 0.218 e. The molecule has 0 aliphatic rings. The maximum atomic E-state index is 13.0. The van der Waals surface area contributed by atoms with E-state index >= 15 is 0 Å². The van der Waals surface area contributed by atoms with E-state index in [1.807, 2.05) is 0 Å². The number of hydrogen-bond donors (Lipinski definition) is 1. The summed E-state index contributed by atoms with van der Waals surface area (Å²) in [7, 11) is 0. The fourth-order valence-corrected chi connectivity index (χ4v) is 2.91. The van der Waals surface area contributed by atoms with Crippen LogP contribution in [0.4, 0.5) is 4.39 Å². The molecule has 0 bridgehead atoms. The Kier molecular flexibility index (Phi) is 3.98. The molecule has 0 amide bonds. The number of nitrogens with two attached hydrogens (primary N) is 1. The van der Waals surface area contributed by atoms with Gasteiger partial charge in [0.25, 0.3) is 0 Å². The first-order chi connectivity index (χ1) is 12.2. The summed E-state index contributed by atoms with van der Waals surface area (Å²) in [6.45, 7) is 0. The molecule has 0 spiro atoms. The summed E-state index contributed by atoms with van der Waals surface area (Å²) in [6, 6.07) is 9.53. The van der Waals surface area contributed by atoms with E-state index in [0.717, 1.165) is 5.56 Å². The number of thioether (sulfide) groups is 1. The van der Waals surface area contributed by atoms with Gasteiger partial charge in [-0.3, -0.25) is 0 Å². The van der Waals surface area contributed by atoms with Gasteiger partial charge in [-0.1, -0.05) is 11.8 Å². The lowest BCUT2D eigenvalue weighted by Crippen LogP contribution is -2.11. The van der Waals surface area contributed by atoms with Crippen molar-refractivity contribution in [1.82, 2.24) is 19.9 Å². The maximum absolute atomic E-state index is 13.0. The van der Waals surface area contributed by atoms with Crippen molar-refractivity contribution in [3.8, 4) is 22.9 Å². The van der Waals surface area contributed by atoms with Crippen LogP contribution in [0.3, 0.4) is 0 Å². The van der Waals surface area contributed by atoms with Gasteiger partial charge in [0, 0.05) is 5.56 Å². The second kappa shape index (κ2) is 6.44. The van der Waals surface area contributed by atoms with Gasteiger partial charge >= 0.3 is 0 Å². The van der Waals surface area contributed by atoms with Crippen LogP contribution >= 0.6 is 11.8 Å². The number of rotatable bonds is 5. The first kappa shape index (κ1) is 15.5. The molecule has 0 aliphatic carbocycles. The van der Waals surface area contributed by atoms with E-state index in [1.165, 1.54) is 28.6 Å². The number of halogens is 1. The highest BCUT2D eigenvalue weighted by atomic mass is 32.2. The monoisotopic (exact) mass is 357 g/mol. The third-order valence-corrected chi connectivity index (χ3v) is 4.34. The van der Waals surface area contributed by atoms with Crippen LogP contribution in [-0.4, -0.2) is 19.9 Å². The van der Waals surface area contributed by atoms with Crippen LogP contribution in [0.15, 0.2) is 62.8 Å². The average molecular weight is 357 g/mol. The Morgan fingerprint density at radius 1 is 1.12 bits per heavy atom. The maximum Gasteiger partial charge on any atom is 0.218 e. The average Bonchev–Trinajstić information content (AvgIpc) is 3.34. The van der Waals surface area contributed by atoms with Crippen molar-refractivity contribution in [2.24, 2.45) is 0 Å². The third kappa shape index (κ3) is 3.13. The molecule has 0 radical (unpaired) electrons. The van der Waals surface area contributed by atoms with Gasteiger partial charge in [-0.2, -0.15) is 0 Å². The van der Waals surface area contributed by atoms with Crippen LogP contribution in [0.5, 0.6) is 0 Å². The first-order valence-electron chi connectivity index (χ1n) is 7.28. The summed E-state index contributed by atoms with van der Waals surface area (Å²) in [6.07, 6.45) is 3.14. The lowest BCUT2D eigenvalue weighted by Gasteiger charge is -2.00. The van der Waals surface area contributed by atoms with E-state index < -0.39 is 0 Å². The molecule has 1 aromatic carbocycles. The van der Waals surface area contributed by atoms with Gasteiger partial charge in [-0.15, -0.1) is 10.2 Å². The highest BCUT2D eigenvalue weighted by Gasteiger charge is 2.15. The van der Waals surface area contributed by atoms with Gasteiger partial charge in [-0.25, -0.2) is 14.1 Å². The lowest BCUT2D eigenvalue weighted by molar-refractivity contribution is 0.529. The topological polar surface area (TPSA) is 95.9 Å². The van der Waals surface area contributed by atoms with E-state index in [4.69, 9.17) is 14.7 Å². The number of aromatic nitrogens is 4. The molecule has 4 rings (SSSR count). The number of hydrogen-bond acceptors (Lipinski definition) is 7. The van der Waals surface area contributed by atoms with Crippen molar-refractivity contribution in [3.63, 3.8) is 0 Å². The molecule has 0 saturated carbocycles. The van der Waals surface area contributed by atoms with Gasteiger partial charge in [0.2, 0.25) is 16.9 Å². The Hall–Kier alpha value is -3.07. The van der Waals surface area contributed by atoms with Crippen LogP contribution in [0.1, 0.15) is 5.89 Å². The Balaban J connectivity index is 1.46. The fourth-order valence-electron chi connectivity index (χ4n) is 2.20. The van der Waals surface area contributed by atoms with Gasteiger partial charge in [0.15, 0.2) is 11.5 Å². The predicted molar refractivity (Wildman–Crippen MR) is 89.3 cm³/mol. The largest absolute Gasteiger partial charge is 0.461 e. The molecule has 0 saturated heterocycles. The molecule has 3 aromatic heterocycles. The van der Waals surface area contributed by atoms with Crippen molar-refractivity contribution < 1.29 is 13.2 Å². The predicted octanol–water partition coefficient (Wildman–Crippen LogP) is 3.34. The Morgan fingerprint density at radius 3 is 2.72 bits per heavy atom. The Bertz CT molecular complexity index is 979. The van der Waals surface area contributed by atoms with E-state index in [-0.39, 0.29) is 5.82 Å². The number of nitrogen functional groups attached to an aromatic ring is 1. The summed E-state index contributed by atoms with van der Waals surface area (Å²) in [5, 5.41) is 8.57. The summed E-state index contributed by atoms with van der Waals surface area (Å²) in [5.74, 6) is 8.17. The molecule has 0 aliphatic heterocycles. The molecule has 0 unspecified atom stereocenters. The zero-order valence-electron chi connectivity index (χ0n) is 12.8. The van der Waals surface area contributed by atoms with Crippen LogP contribution < -0.4 is 5.84 Å². The molecule has 0 atom stereocenters. The molecule has 2 N–H and O–H groups in total. The number of benzene rings is 1. The first-order valence-corrected chi connectivity index (χ1v) is 8.27. The number of nitrogens with zero attached hydrogens (tertiary/aromatic N) is 4. The molecule has 0 fully saturated rings. The highest BCUT2D eigenvalue weighted by molar-refractivity contribution is 7.98. The summed E-state index contributed by atoms with van der Waals surface area (Å²) >= 11 is 1.34. The Labute approximate surface area is 145 Å². The summed E-state index contributed by atoms with van der Waals surface area (Å²) in [4.78, 5) is 4.22. The van der Waals surface area contributed by atoms with Gasteiger partial charge < -0.3 is 14.7 Å². The van der Waals surface area contributed by atoms with Crippen molar-refractivity contribution in [2.75, 3.05) is 5.84 Å². The van der Waals surface area contributed by atoms with Crippen LogP contribution in [0.2, 0.25) is 0 Å². The number of oxazole rings is 1. The molecule has 3 heterocycles. The zero-order valence-corrected chi connectivity index (χ0v) is 13.6. The quantitative estimate of drug-likeness (QED) is 0.432. The van der Waals surface area contributed by atoms with Gasteiger partial charge in [0.05, 0.1) is 18.2 Å². The molecule has 9 heteroatoms. The van der Waals surface area contributed by atoms with Gasteiger partial charge in [-0.05, 0) is 36.4 Å². The normalized spacial score (nSPS) is 11.1. The minimum atomic E-state index is -0.298. The van der Waals surface area contributed by atoms with Gasteiger partial charge in [0.1, 0.15) is 5.82 Å². The summed E-state index contributed by atoms with van der Waals surface area (Å²) in [5.41, 5.74) is 0.757. The SMILES string of the molecule is Nn1c(SCc2ncc(-c3ccc(F)cc3)o2)nnc1-c1ccco1. The Morgan fingerprint density at radius 2 is 1.96 bits per heavy atom. The van der Waals surface area contributed by atoms with Crippen molar-refractivity contribution >= 4 is 11.8 Å². The van der Waals surface area contributed by atoms with Crippen LogP contribution in [-0.2, 0) is 5.75 Å². The van der Waals surface area contributed by atoms with Crippen molar-refractivity contribution in [1.29, 1.82) is 0 Å². The van der Waals surface area contributed by atoms with Crippen LogP contribution in [0, 0.1) is 5.82 Å². The lowest BCUT2D eigenvalue weighted by atomic mass is 10.2.